The zero-order valence-electron chi connectivity index (χ0n) is 31.2. The molecule has 318 valence electrons. The topological polar surface area (TPSA) is 349 Å². The zero-order valence-corrected chi connectivity index (χ0v) is 34.8. The van der Waals surface area contributed by atoms with Gasteiger partial charge in [0, 0.05) is 37.3 Å². The van der Waals surface area contributed by atoms with Crippen LogP contribution < -0.4 is 0 Å². The van der Waals surface area contributed by atoms with Crippen LogP contribution in [0.3, 0.4) is 0 Å². The molecule has 0 aromatic carbocycles. The molecule has 0 aromatic heterocycles. The summed E-state index contributed by atoms with van der Waals surface area (Å²) < 4.78 is 22.1. The molecule has 0 aliphatic carbocycles. The normalized spacial score (nSPS) is 12.8. The second-order valence-electron chi connectivity index (χ2n) is 10.5. The van der Waals surface area contributed by atoms with E-state index in [9.17, 15) is 20.0 Å². The fourth-order valence-electron chi connectivity index (χ4n) is 3.47. The number of aliphatic hydroxyl groups is 2. The monoisotopic (exact) mass is 944 g/mol. The van der Waals surface area contributed by atoms with Crippen molar-refractivity contribution in [3.8, 4) is 0 Å². The standard InChI is InChI=1S/2C12H29NO4P.Er.3H3NO3.H2O/c2*1-7-13(8-2)12(14)9-18(15,16-10(3)4)17-11(5)6;;3*2-1(3)4;/h2*10-12,14-15H,7-9H2,1-6H3;;3*2-4H;1H2/q2*+1;;;;;/p+1. The number of nitrogens with zero attached hydrogens (tertiary/aromatic N) is 5. The van der Waals surface area contributed by atoms with Crippen LogP contribution in [0, 0.1) is 37.3 Å². The van der Waals surface area contributed by atoms with Gasteiger partial charge in [0.2, 0.25) is 0 Å². The Morgan fingerprint density at radius 2 is 0.580 bits per heavy atom. The maximum absolute atomic E-state index is 10.4. The molecule has 0 aromatic rings. The third-order valence-corrected chi connectivity index (χ3v) is 9.34. The predicted octanol–water partition coefficient (Wildman–Crippen LogP) is 1.95. The molecule has 0 amide bonds. The molecular formula is C24H70ErN5O18P2+3. The summed E-state index contributed by atoms with van der Waals surface area (Å²) in [5.41, 5.74) is 0. The van der Waals surface area contributed by atoms with Gasteiger partial charge in [-0.05, 0) is 81.6 Å². The number of rotatable bonds is 18. The van der Waals surface area contributed by atoms with E-state index >= 15 is 0 Å². The number of aliphatic hydroxyl groups excluding tert-OH is 2. The molecule has 0 rings (SSSR count). The van der Waals surface area contributed by atoms with Gasteiger partial charge in [-0.15, -0.1) is 0 Å². The second kappa shape index (κ2) is 38.5. The molecule has 2 unspecified atom stereocenters. The van der Waals surface area contributed by atoms with Gasteiger partial charge >= 0.3 is 15.9 Å². The van der Waals surface area contributed by atoms with Crippen LogP contribution in [0.5, 0.6) is 0 Å². The Morgan fingerprint density at radius 1 is 0.440 bits per heavy atom. The molecule has 0 fully saturated rings. The van der Waals surface area contributed by atoms with E-state index in [0.29, 0.717) is 0 Å². The van der Waals surface area contributed by atoms with Crippen LogP contribution in [0.1, 0.15) is 83.1 Å². The van der Waals surface area contributed by atoms with Crippen molar-refractivity contribution in [2.24, 2.45) is 0 Å². The van der Waals surface area contributed by atoms with E-state index in [1.807, 2.05) is 92.9 Å². The quantitative estimate of drug-likeness (QED) is 0.0404. The van der Waals surface area contributed by atoms with E-state index in [-0.39, 0.29) is 79.5 Å². The van der Waals surface area contributed by atoms with Crippen LogP contribution >= 0.6 is 15.9 Å². The van der Waals surface area contributed by atoms with Gasteiger partial charge in [-0.3, -0.25) is 56.7 Å². The molecule has 16 N–H and O–H groups in total. The molecule has 23 nitrogen and oxygen atoms in total. The van der Waals surface area contributed by atoms with Gasteiger partial charge < -0.3 is 15.7 Å². The summed E-state index contributed by atoms with van der Waals surface area (Å²) in [4.78, 5) is 24.6. The van der Waals surface area contributed by atoms with Gasteiger partial charge in [0.05, 0.1) is 16.2 Å². The van der Waals surface area contributed by atoms with Crippen LogP contribution in [0.15, 0.2) is 0 Å². The van der Waals surface area contributed by atoms with E-state index < -0.39 is 44.5 Å². The Labute approximate surface area is 326 Å². The molecule has 50 heavy (non-hydrogen) atoms. The van der Waals surface area contributed by atoms with Gasteiger partial charge in [-0.1, -0.05) is 27.7 Å². The summed E-state index contributed by atoms with van der Waals surface area (Å²) >= 11 is 0. The summed E-state index contributed by atoms with van der Waals surface area (Å²) in [6.07, 6.45) is -1.78. The van der Waals surface area contributed by atoms with Crippen LogP contribution in [0.2, 0.25) is 0 Å². The fraction of sp³-hybridized carbons (Fsp3) is 1.00. The number of hydrogen-bond acceptors (Lipinski definition) is 22. The minimum atomic E-state index is -3.01. The summed E-state index contributed by atoms with van der Waals surface area (Å²) in [7, 11) is -6.02. The molecule has 0 aliphatic rings. The van der Waals surface area contributed by atoms with Crippen LogP contribution in [0.4, 0.5) is 0 Å². The first-order valence-corrected chi connectivity index (χ1v) is 18.6. The molecule has 0 saturated carbocycles. The average Bonchev–Trinajstić information content (AvgIpc) is 2.82. The van der Waals surface area contributed by atoms with E-state index in [1.165, 1.54) is 0 Å². The van der Waals surface area contributed by atoms with Crippen molar-refractivity contribution in [3.63, 3.8) is 0 Å². The average molecular weight is 946 g/mol. The smallest absolute Gasteiger partial charge is 0.413 e. The van der Waals surface area contributed by atoms with E-state index in [1.54, 1.807) is 0 Å². The molecule has 0 saturated heterocycles. The molecule has 2 atom stereocenters. The first kappa shape index (κ1) is 66.0. The first-order valence-electron chi connectivity index (χ1n) is 15.1. The van der Waals surface area contributed by atoms with Crippen molar-refractivity contribution in [1.29, 1.82) is 0 Å². The maximum atomic E-state index is 10.4. The third-order valence-electron chi connectivity index (χ3n) is 4.76. The summed E-state index contributed by atoms with van der Waals surface area (Å²) in [5, 5.41) is 80.2. The van der Waals surface area contributed by atoms with Crippen LogP contribution in [-0.4, -0.2) is 168 Å². The maximum Gasteiger partial charge on any atom is 0.413 e. The molecule has 26 heteroatoms. The van der Waals surface area contributed by atoms with Gasteiger partial charge in [0.1, 0.15) is 36.9 Å². The van der Waals surface area contributed by atoms with E-state index in [0.717, 1.165) is 26.2 Å². The molecule has 0 radical (unpaired) electrons. The molecule has 0 aliphatic heterocycles. The first-order chi connectivity index (χ1) is 21.7. The Bertz CT molecular complexity index is 605. The zero-order chi connectivity index (χ0) is 39.4. The van der Waals surface area contributed by atoms with Crippen molar-refractivity contribution >= 4 is 15.9 Å². The summed E-state index contributed by atoms with van der Waals surface area (Å²) in [6.45, 7) is 25.5. The second-order valence-corrected chi connectivity index (χ2v) is 14.6. The third kappa shape index (κ3) is 51.3. The minimum absolute atomic E-state index is 0. The number of hydrogen-bond donors (Lipinski definition) is 13. The van der Waals surface area contributed by atoms with E-state index in [4.69, 9.17) is 65.0 Å². The van der Waals surface area contributed by atoms with Crippen molar-refractivity contribution in [1.82, 2.24) is 26.0 Å². The Balaban J connectivity index is -0.000000108. The van der Waals surface area contributed by atoms with Gasteiger partial charge in [0.25, 0.3) is 0 Å². The van der Waals surface area contributed by atoms with Crippen molar-refractivity contribution in [2.75, 3.05) is 38.5 Å². The fourth-order valence-corrected chi connectivity index (χ4v) is 7.84. The molecule has 0 heterocycles. The van der Waals surface area contributed by atoms with Gasteiger partial charge in [-0.25, -0.2) is 0 Å². The Morgan fingerprint density at radius 3 is 0.680 bits per heavy atom. The van der Waals surface area contributed by atoms with Crippen molar-refractivity contribution < 1.29 is 128 Å². The Kier molecular flexibility index (Phi) is 50.8. The largest absolute Gasteiger partial charge is 0.457 e. The Hall–Kier alpha value is 1.19. The molecule has 0 bridgehead atoms. The van der Waals surface area contributed by atoms with Crippen LogP contribution in [-0.2, 0) is 23.6 Å². The molecule has 0 spiro atoms. The molecular weight excluding hydrogens is 875 g/mol. The summed E-state index contributed by atoms with van der Waals surface area (Å²) in [5.74, 6) is 0. The SMILES string of the molecule is CCN(CC)C(O)C[P+](O)(OC(C)C)OC(C)C.CCN(CC)C(O)C[P+](O)(OC(C)C)OC(C)C.ON(O)O.ON(O)O.ON(O)O.[Er].[OH3+]. The van der Waals surface area contributed by atoms with Gasteiger partial charge in [-0.2, -0.15) is 27.9 Å². The summed E-state index contributed by atoms with van der Waals surface area (Å²) in [6, 6.07) is 0. The minimum Gasteiger partial charge on any atom is -0.457 e. The van der Waals surface area contributed by atoms with Crippen LogP contribution in [0.25, 0.3) is 0 Å². The van der Waals surface area contributed by atoms with Crippen molar-refractivity contribution in [2.45, 2.75) is 120 Å². The van der Waals surface area contributed by atoms with Crippen molar-refractivity contribution in [3.05, 3.63) is 0 Å². The van der Waals surface area contributed by atoms with Gasteiger partial charge in [0.15, 0.2) is 12.3 Å². The van der Waals surface area contributed by atoms with E-state index in [2.05, 4.69) is 0 Å². The predicted molar refractivity (Wildman–Crippen MR) is 177 cm³/mol.